The summed E-state index contributed by atoms with van der Waals surface area (Å²) in [6.07, 6.45) is 3.03. The van der Waals surface area contributed by atoms with Crippen molar-refractivity contribution in [3.8, 4) is 0 Å². The number of nitrogens with zero attached hydrogens (tertiary/aromatic N) is 3. The fraction of sp³-hybridized carbons (Fsp3) is 0.667. The van der Waals surface area contributed by atoms with Crippen LogP contribution in [-0.4, -0.2) is 33.4 Å². The maximum absolute atomic E-state index is 12.6. The van der Waals surface area contributed by atoms with Gasteiger partial charge in [-0.05, 0) is 12.3 Å². The maximum Gasteiger partial charge on any atom is 0.319 e. The van der Waals surface area contributed by atoms with Crippen molar-refractivity contribution in [1.29, 1.82) is 0 Å². The average Bonchev–Trinajstić information content (AvgIpc) is 2.75. The molecule has 108 valence electrons. The third-order valence-electron chi connectivity index (χ3n) is 2.76. The topological polar surface area (TPSA) is 64.2 Å². The number of rotatable bonds is 6. The van der Waals surface area contributed by atoms with Crippen molar-refractivity contribution in [3.05, 3.63) is 18.2 Å². The first-order valence-electron chi connectivity index (χ1n) is 6.13. The second-order valence-corrected chi connectivity index (χ2v) is 4.96. The molecule has 1 aromatic heterocycles. The first-order valence-corrected chi connectivity index (χ1v) is 6.13. The zero-order chi connectivity index (χ0) is 14.6. The van der Waals surface area contributed by atoms with E-state index in [-0.39, 0.29) is 18.3 Å². The number of carbonyl (C=O) groups is 1. The van der Waals surface area contributed by atoms with Crippen molar-refractivity contribution in [1.82, 2.24) is 14.5 Å². The van der Waals surface area contributed by atoms with E-state index < -0.39 is 12.6 Å². The van der Waals surface area contributed by atoms with Gasteiger partial charge < -0.3 is 10.6 Å². The molecular formula is C12H20F2N4O. The second kappa shape index (κ2) is 6.60. The monoisotopic (exact) mass is 274 g/mol. The van der Waals surface area contributed by atoms with Crippen LogP contribution < -0.4 is 5.73 Å². The Morgan fingerprint density at radius 2 is 2.16 bits per heavy atom. The summed E-state index contributed by atoms with van der Waals surface area (Å²) in [6.45, 7) is 1.29. The normalized spacial score (nSPS) is 13.1. The lowest BCUT2D eigenvalue weighted by Gasteiger charge is -2.22. The molecule has 2 N–H and O–H groups in total. The van der Waals surface area contributed by atoms with Crippen molar-refractivity contribution < 1.29 is 13.6 Å². The molecule has 0 bridgehead atoms. The van der Waals surface area contributed by atoms with Gasteiger partial charge in [-0.3, -0.25) is 9.36 Å². The molecule has 19 heavy (non-hydrogen) atoms. The summed E-state index contributed by atoms with van der Waals surface area (Å²) < 4.78 is 26.0. The Labute approximate surface area is 111 Å². The van der Waals surface area contributed by atoms with Crippen LogP contribution in [0.5, 0.6) is 0 Å². The minimum absolute atomic E-state index is 0.0158. The standard InChI is InChI=1S/C12H20F2N4O/c1-8(2)6-9(15)11(19)17(3)7-10-16-4-5-18(10)12(13)14/h4-5,8-9,12H,6-7,15H2,1-3H3/t9-/m0/s1. The van der Waals surface area contributed by atoms with Crippen LogP contribution in [-0.2, 0) is 11.3 Å². The molecule has 0 aliphatic rings. The number of imidazole rings is 1. The molecule has 1 amide bonds. The van der Waals surface area contributed by atoms with Crippen LogP contribution in [0.3, 0.4) is 0 Å². The van der Waals surface area contributed by atoms with Crippen LogP contribution in [0.4, 0.5) is 8.78 Å². The highest BCUT2D eigenvalue weighted by Crippen LogP contribution is 2.14. The fourth-order valence-corrected chi connectivity index (χ4v) is 1.83. The van der Waals surface area contributed by atoms with E-state index in [2.05, 4.69) is 4.98 Å². The van der Waals surface area contributed by atoms with E-state index in [1.165, 1.54) is 24.3 Å². The Bertz CT molecular complexity index is 420. The van der Waals surface area contributed by atoms with Gasteiger partial charge in [-0.2, -0.15) is 8.78 Å². The molecule has 0 saturated carbocycles. The smallest absolute Gasteiger partial charge is 0.319 e. The highest BCUT2D eigenvalue weighted by atomic mass is 19.3. The number of halogens is 2. The van der Waals surface area contributed by atoms with E-state index in [1.54, 1.807) is 0 Å². The van der Waals surface area contributed by atoms with Crippen LogP contribution in [0.2, 0.25) is 0 Å². The van der Waals surface area contributed by atoms with Crippen LogP contribution >= 0.6 is 0 Å². The summed E-state index contributed by atoms with van der Waals surface area (Å²) in [5, 5.41) is 0. The van der Waals surface area contributed by atoms with E-state index in [9.17, 15) is 13.6 Å². The zero-order valence-electron chi connectivity index (χ0n) is 11.4. The molecule has 0 spiro atoms. The van der Waals surface area contributed by atoms with Gasteiger partial charge in [0.2, 0.25) is 5.91 Å². The van der Waals surface area contributed by atoms with Crippen LogP contribution in [0.25, 0.3) is 0 Å². The predicted molar refractivity (Wildman–Crippen MR) is 67.4 cm³/mol. The highest BCUT2D eigenvalue weighted by Gasteiger charge is 2.21. The van der Waals surface area contributed by atoms with Gasteiger partial charge >= 0.3 is 6.55 Å². The molecule has 0 saturated heterocycles. The summed E-state index contributed by atoms with van der Waals surface area (Å²) in [6, 6.07) is -0.611. The van der Waals surface area contributed by atoms with E-state index >= 15 is 0 Å². The van der Waals surface area contributed by atoms with E-state index in [0.29, 0.717) is 12.3 Å². The number of alkyl halides is 2. The summed E-state index contributed by atoms with van der Waals surface area (Å²) >= 11 is 0. The number of hydrogen-bond acceptors (Lipinski definition) is 3. The lowest BCUT2D eigenvalue weighted by atomic mass is 10.0. The van der Waals surface area contributed by atoms with E-state index in [0.717, 1.165) is 4.57 Å². The number of aromatic nitrogens is 2. The highest BCUT2D eigenvalue weighted by molar-refractivity contribution is 5.81. The quantitative estimate of drug-likeness (QED) is 0.857. The predicted octanol–water partition coefficient (Wildman–Crippen LogP) is 1.61. The molecule has 7 heteroatoms. The van der Waals surface area contributed by atoms with Gasteiger partial charge in [0, 0.05) is 19.4 Å². The number of hydrogen-bond donors (Lipinski definition) is 1. The molecule has 1 aromatic rings. The molecule has 0 aliphatic heterocycles. The minimum Gasteiger partial charge on any atom is -0.337 e. The number of likely N-dealkylation sites (N-methyl/N-ethyl adjacent to an activating group) is 1. The van der Waals surface area contributed by atoms with Crippen molar-refractivity contribution in [2.75, 3.05) is 7.05 Å². The first-order chi connectivity index (χ1) is 8.82. The SMILES string of the molecule is CC(C)C[C@H](N)C(=O)N(C)Cc1nccn1C(F)F. The molecule has 1 rings (SSSR count). The Morgan fingerprint density at radius 1 is 1.53 bits per heavy atom. The molecule has 0 aliphatic carbocycles. The van der Waals surface area contributed by atoms with Gasteiger partial charge in [0.25, 0.3) is 0 Å². The molecule has 0 unspecified atom stereocenters. The number of amides is 1. The molecule has 0 aromatic carbocycles. The van der Waals surface area contributed by atoms with Crippen molar-refractivity contribution >= 4 is 5.91 Å². The van der Waals surface area contributed by atoms with Crippen LogP contribution in [0, 0.1) is 5.92 Å². The van der Waals surface area contributed by atoms with Crippen molar-refractivity contribution in [3.63, 3.8) is 0 Å². The number of nitrogens with two attached hydrogens (primary N) is 1. The third kappa shape index (κ3) is 4.27. The Kier molecular flexibility index (Phi) is 5.41. The van der Waals surface area contributed by atoms with E-state index in [4.69, 9.17) is 5.73 Å². The van der Waals surface area contributed by atoms with Crippen molar-refractivity contribution in [2.24, 2.45) is 11.7 Å². The summed E-state index contributed by atoms with van der Waals surface area (Å²) in [4.78, 5) is 17.1. The zero-order valence-corrected chi connectivity index (χ0v) is 11.4. The first kappa shape index (κ1) is 15.6. The Hall–Kier alpha value is -1.50. The van der Waals surface area contributed by atoms with E-state index in [1.807, 2.05) is 13.8 Å². The van der Waals surface area contributed by atoms with Gasteiger partial charge in [0.1, 0.15) is 5.82 Å². The molecule has 1 atom stereocenters. The van der Waals surface area contributed by atoms with Gasteiger partial charge in [-0.1, -0.05) is 13.8 Å². The fourth-order valence-electron chi connectivity index (χ4n) is 1.83. The summed E-state index contributed by atoms with van der Waals surface area (Å²) in [5.74, 6) is 0.176. The molecule has 0 radical (unpaired) electrons. The molecular weight excluding hydrogens is 254 g/mol. The Balaban J connectivity index is 2.66. The van der Waals surface area contributed by atoms with Gasteiger partial charge in [-0.25, -0.2) is 4.98 Å². The lowest BCUT2D eigenvalue weighted by molar-refractivity contribution is -0.132. The van der Waals surface area contributed by atoms with Gasteiger partial charge in [0.05, 0.1) is 12.6 Å². The third-order valence-corrected chi connectivity index (χ3v) is 2.76. The largest absolute Gasteiger partial charge is 0.337 e. The average molecular weight is 274 g/mol. The minimum atomic E-state index is -2.66. The maximum atomic E-state index is 12.6. The Morgan fingerprint density at radius 3 is 2.68 bits per heavy atom. The van der Waals surface area contributed by atoms with Crippen molar-refractivity contribution in [2.45, 2.75) is 39.4 Å². The summed E-state index contributed by atoms with van der Waals surface area (Å²) in [7, 11) is 1.53. The van der Waals surface area contributed by atoms with Crippen LogP contribution in [0.15, 0.2) is 12.4 Å². The molecule has 0 fully saturated rings. The summed E-state index contributed by atoms with van der Waals surface area (Å²) in [5.41, 5.74) is 5.78. The second-order valence-electron chi connectivity index (χ2n) is 4.96. The van der Waals surface area contributed by atoms with Gasteiger partial charge in [-0.15, -0.1) is 0 Å². The molecule has 5 nitrogen and oxygen atoms in total. The van der Waals surface area contributed by atoms with Crippen LogP contribution in [0.1, 0.15) is 32.6 Å². The lowest BCUT2D eigenvalue weighted by Crippen LogP contribution is -2.42. The van der Waals surface area contributed by atoms with Gasteiger partial charge in [0.15, 0.2) is 0 Å². The molecule has 1 heterocycles. The number of carbonyl (C=O) groups excluding carboxylic acids is 1.